The van der Waals surface area contributed by atoms with E-state index < -0.39 is 41.8 Å². The molecule has 2 fully saturated rings. The van der Waals surface area contributed by atoms with Crippen LogP contribution in [0.3, 0.4) is 0 Å². The number of epoxide rings is 2. The van der Waals surface area contributed by atoms with Gasteiger partial charge in [-0.15, -0.1) is 0 Å². The SMILES string of the molecule is C[Si](C)(C)OC(O[Si](C)(C)C)[SiH2]CCCOCC1CO1.C[Si](C)(C)O[Si](C)(CCCOCC1CO1)O[Si](C)(C)C. The first-order valence-corrected chi connectivity index (χ1v) is 33.3. The third-order valence-corrected chi connectivity index (χ3v) is 19.3. The lowest BCUT2D eigenvalue weighted by Crippen LogP contribution is -2.52. The molecule has 0 aromatic heterocycles. The highest BCUT2D eigenvalue weighted by Crippen LogP contribution is 2.25. The van der Waals surface area contributed by atoms with Crippen molar-refractivity contribution in [3.8, 4) is 0 Å². The molecule has 0 amide bonds. The molecule has 2 unspecified atom stereocenters. The molecule has 8 nitrogen and oxygen atoms in total. The van der Waals surface area contributed by atoms with Crippen molar-refractivity contribution in [1.82, 2.24) is 0 Å². The summed E-state index contributed by atoms with van der Waals surface area (Å²) in [7, 11) is -8.60. The van der Waals surface area contributed by atoms with Crippen LogP contribution in [-0.2, 0) is 36.0 Å². The van der Waals surface area contributed by atoms with Crippen molar-refractivity contribution < 1.29 is 36.0 Å². The van der Waals surface area contributed by atoms with Crippen LogP contribution in [0.25, 0.3) is 0 Å². The topological polar surface area (TPSA) is 80.4 Å². The summed E-state index contributed by atoms with van der Waals surface area (Å²) in [5, 5.41) is 0. The third-order valence-electron chi connectivity index (χ3n) is 5.32. The van der Waals surface area contributed by atoms with E-state index in [1.165, 1.54) is 6.04 Å². The Labute approximate surface area is 254 Å². The molecule has 0 N–H and O–H groups in total. The van der Waals surface area contributed by atoms with Gasteiger partial charge >= 0.3 is 8.56 Å². The summed E-state index contributed by atoms with van der Waals surface area (Å²) in [4.78, 5) is 0. The Balaban J connectivity index is 0.000000400. The molecule has 40 heavy (non-hydrogen) atoms. The first-order chi connectivity index (χ1) is 18.1. The van der Waals surface area contributed by atoms with E-state index >= 15 is 0 Å². The summed E-state index contributed by atoms with van der Waals surface area (Å²) < 4.78 is 46.8. The smallest absolute Gasteiger partial charge is 0.314 e. The Morgan fingerprint density at radius 3 is 1.38 bits per heavy atom. The van der Waals surface area contributed by atoms with Crippen LogP contribution in [0.1, 0.15) is 12.8 Å². The van der Waals surface area contributed by atoms with Gasteiger partial charge < -0.3 is 36.0 Å². The lowest BCUT2D eigenvalue weighted by Gasteiger charge is -2.38. The molecular weight excluding hydrogens is 609 g/mol. The van der Waals surface area contributed by atoms with Crippen LogP contribution < -0.4 is 0 Å². The van der Waals surface area contributed by atoms with Gasteiger partial charge in [0.25, 0.3) is 0 Å². The second-order valence-electron chi connectivity index (χ2n) is 15.1. The third kappa shape index (κ3) is 25.5. The van der Waals surface area contributed by atoms with Crippen molar-refractivity contribution in [1.29, 1.82) is 0 Å². The summed E-state index contributed by atoms with van der Waals surface area (Å²) >= 11 is 0. The molecule has 2 atom stereocenters. The highest BCUT2D eigenvalue weighted by Gasteiger charge is 2.39. The Bertz CT molecular complexity index is 651. The Morgan fingerprint density at radius 2 is 1.02 bits per heavy atom. The zero-order valence-corrected chi connectivity index (χ0v) is 34.7. The molecule has 14 heteroatoms. The molecule has 2 aliphatic rings. The molecule has 2 aliphatic heterocycles. The van der Waals surface area contributed by atoms with Crippen LogP contribution in [0.15, 0.2) is 0 Å². The zero-order valence-electron chi connectivity index (χ0n) is 28.3. The molecule has 0 radical (unpaired) electrons. The summed E-state index contributed by atoms with van der Waals surface area (Å²) in [6.07, 6.45) is 2.88. The highest BCUT2D eigenvalue weighted by molar-refractivity contribution is 6.87. The summed E-state index contributed by atoms with van der Waals surface area (Å²) in [5.41, 5.74) is 0. The fraction of sp³-hybridized carbons (Fsp3) is 1.00. The van der Waals surface area contributed by atoms with E-state index in [1.54, 1.807) is 0 Å². The lowest BCUT2D eigenvalue weighted by atomic mass is 10.5. The fourth-order valence-corrected chi connectivity index (χ4v) is 23.2. The van der Waals surface area contributed by atoms with Gasteiger partial charge in [-0.3, -0.25) is 0 Å². The second kappa shape index (κ2) is 17.5. The first kappa shape index (κ1) is 39.0. The van der Waals surface area contributed by atoms with E-state index in [4.69, 9.17) is 36.0 Å². The van der Waals surface area contributed by atoms with Crippen molar-refractivity contribution in [2.24, 2.45) is 0 Å². The number of hydrogen-bond donors (Lipinski definition) is 0. The molecule has 0 bridgehead atoms. The van der Waals surface area contributed by atoms with E-state index in [9.17, 15) is 0 Å². The number of hydrogen-bond acceptors (Lipinski definition) is 8. The lowest BCUT2D eigenvalue weighted by molar-refractivity contribution is 0.0599. The summed E-state index contributed by atoms with van der Waals surface area (Å²) in [6.45, 7) is 34.0. The minimum absolute atomic E-state index is 0.111. The van der Waals surface area contributed by atoms with Gasteiger partial charge in [-0.1, -0.05) is 6.04 Å². The molecule has 0 saturated carbocycles. The van der Waals surface area contributed by atoms with Crippen LogP contribution in [-0.4, -0.2) is 109 Å². The van der Waals surface area contributed by atoms with E-state index in [-0.39, 0.29) is 15.4 Å². The van der Waals surface area contributed by atoms with Crippen molar-refractivity contribution in [3.05, 3.63) is 0 Å². The standard InChI is InChI=1S/2C13H32O4Si3/c1-18(2,3)16-20(7,17-19(4,5)6)10-8-9-14-11-13-12-15-13;1-19(2,3)16-13(17-20(4,5)6)18-9-7-8-14-10-12-11-15-12/h13H,8-12H2,1-7H3;12-13H,7-11,18H2,1-6H3. The summed E-state index contributed by atoms with van der Waals surface area (Å²) in [6, 6.07) is 2.25. The van der Waals surface area contributed by atoms with Gasteiger partial charge in [-0.25, -0.2) is 0 Å². The highest BCUT2D eigenvalue weighted by atomic mass is 28.5. The van der Waals surface area contributed by atoms with Crippen LogP contribution >= 0.6 is 0 Å². The monoisotopic (exact) mass is 672 g/mol. The Kier molecular flexibility index (Phi) is 17.0. The number of rotatable bonds is 21. The van der Waals surface area contributed by atoms with E-state index in [2.05, 4.69) is 85.1 Å². The Morgan fingerprint density at radius 1 is 0.625 bits per heavy atom. The van der Waals surface area contributed by atoms with Gasteiger partial charge in [-0.2, -0.15) is 0 Å². The van der Waals surface area contributed by atoms with E-state index in [0.29, 0.717) is 12.2 Å². The van der Waals surface area contributed by atoms with Crippen molar-refractivity contribution in [3.63, 3.8) is 0 Å². The maximum atomic E-state index is 6.45. The van der Waals surface area contributed by atoms with E-state index in [0.717, 1.165) is 58.5 Å². The average Bonchev–Trinajstić information content (AvgIpc) is 3.60. The van der Waals surface area contributed by atoms with Gasteiger partial charge in [0.05, 0.1) is 35.9 Å². The molecule has 0 aromatic rings. The minimum Gasteiger partial charge on any atom is -0.437 e. The molecule has 240 valence electrons. The maximum absolute atomic E-state index is 6.45. The minimum atomic E-state index is -2.07. The quantitative estimate of drug-likeness (QED) is 0.0643. The molecule has 0 aromatic carbocycles. The normalized spacial score (nSPS) is 20.2. The molecule has 2 saturated heterocycles. The Hall–Kier alpha value is 0.981. The summed E-state index contributed by atoms with van der Waals surface area (Å²) in [5.74, 6) is 0.111. The molecular formula is C26H64O8Si6. The van der Waals surface area contributed by atoms with E-state index in [1.807, 2.05) is 0 Å². The fourth-order valence-electron chi connectivity index (χ4n) is 4.12. The van der Waals surface area contributed by atoms with Gasteiger partial charge in [0.1, 0.15) is 18.1 Å². The van der Waals surface area contributed by atoms with Crippen LogP contribution in [0.5, 0.6) is 0 Å². The van der Waals surface area contributed by atoms with Crippen molar-refractivity contribution in [2.45, 2.75) is 128 Å². The van der Waals surface area contributed by atoms with Gasteiger partial charge in [0.15, 0.2) is 33.3 Å². The predicted octanol–water partition coefficient (Wildman–Crippen LogP) is 5.93. The van der Waals surface area contributed by atoms with Crippen LogP contribution in [0.2, 0.25) is 97.2 Å². The second-order valence-corrected chi connectivity index (χ2v) is 38.8. The maximum Gasteiger partial charge on any atom is 0.314 e. The van der Waals surface area contributed by atoms with Crippen molar-refractivity contribution >= 4 is 51.4 Å². The largest absolute Gasteiger partial charge is 0.437 e. The predicted molar refractivity (Wildman–Crippen MR) is 182 cm³/mol. The molecule has 2 heterocycles. The zero-order chi connectivity index (χ0) is 30.7. The van der Waals surface area contributed by atoms with Gasteiger partial charge in [0, 0.05) is 13.2 Å². The molecule has 0 spiro atoms. The van der Waals surface area contributed by atoms with Gasteiger partial charge in [-0.05, 0) is 104 Å². The number of ether oxygens (including phenoxy) is 4. The van der Waals surface area contributed by atoms with Crippen LogP contribution in [0.4, 0.5) is 0 Å². The first-order valence-electron chi connectivity index (χ1n) is 15.3. The van der Waals surface area contributed by atoms with Crippen LogP contribution in [0, 0.1) is 0 Å². The molecule has 2 rings (SSSR count). The average molecular weight is 673 g/mol. The molecule has 0 aliphatic carbocycles. The van der Waals surface area contributed by atoms with Crippen molar-refractivity contribution in [2.75, 3.05) is 39.6 Å². The van der Waals surface area contributed by atoms with Gasteiger partial charge in [0.2, 0.25) is 0 Å².